The maximum atomic E-state index is 12.7. The summed E-state index contributed by atoms with van der Waals surface area (Å²) in [7, 11) is 0. The molecule has 0 radical (unpaired) electrons. The molecule has 1 aromatic heterocycles. The average molecular weight is 324 g/mol. The number of rotatable bonds is 3. The summed E-state index contributed by atoms with van der Waals surface area (Å²) in [5, 5.41) is 27.8. The quantitative estimate of drug-likeness (QED) is 0.851. The zero-order chi connectivity index (χ0) is 18.0. The Morgan fingerprint density at radius 1 is 1.12 bits per heavy atom. The minimum absolute atomic E-state index is 0.0405. The Morgan fingerprint density at radius 3 is 2.17 bits per heavy atom. The molecule has 0 amide bonds. The zero-order valence-electron chi connectivity index (χ0n) is 14.5. The summed E-state index contributed by atoms with van der Waals surface area (Å²) in [6, 6.07) is 7.39. The predicted molar refractivity (Wildman–Crippen MR) is 92.3 cm³/mol. The highest BCUT2D eigenvalue weighted by Crippen LogP contribution is 2.30. The smallest absolute Gasteiger partial charge is 0.281 e. The highest BCUT2D eigenvalue weighted by Gasteiger charge is 2.20. The van der Waals surface area contributed by atoms with Crippen molar-refractivity contribution in [1.82, 2.24) is 4.57 Å². The Balaban J connectivity index is 2.72. The molecule has 0 bridgehead atoms. The molecule has 1 heterocycles. The number of pyridine rings is 1. The second-order valence-electron chi connectivity index (χ2n) is 5.99. The third-order valence-electron chi connectivity index (χ3n) is 3.92. The van der Waals surface area contributed by atoms with E-state index in [-0.39, 0.29) is 23.2 Å². The normalized spacial score (nSPS) is 11.2. The van der Waals surface area contributed by atoms with Crippen LogP contribution in [0.25, 0.3) is 0 Å². The van der Waals surface area contributed by atoms with Gasteiger partial charge in [-0.3, -0.25) is 9.36 Å². The largest absolute Gasteiger partial charge is 0.493 e. The Kier molecular flexibility index (Phi) is 4.84. The first-order valence-electron chi connectivity index (χ1n) is 7.65. The summed E-state index contributed by atoms with van der Waals surface area (Å²) in [5.41, 5.74) is 2.55. The van der Waals surface area contributed by atoms with Gasteiger partial charge in [-0.2, -0.15) is 5.26 Å². The zero-order valence-corrected chi connectivity index (χ0v) is 14.5. The van der Waals surface area contributed by atoms with E-state index in [4.69, 9.17) is 0 Å². The van der Waals surface area contributed by atoms with Gasteiger partial charge < -0.3 is 5.11 Å². The Hall–Kier alpha value is -2.94. The highest BCUT2D eigenvalue weighted by atomic mass is 16.3. The molecule has 0 saturated heterocycles. The Morgan fingerprint density at radius 2 is 1.67 bits per heavy atom. The number of hydrogen-bond donors (Lipinski definition) is 1. The first kappa shape index (κ1) is 17.4. The van der Waals surface area contributed by atoms with Gasteiger partial charge >= 0.3 is 0 Å². The van der Waals surface area contributed by atoms with E-state index in [2.05, 4.69) is 10.2 Å². The summed E-state index contributed by atoms with van der Waals surface area (Å²) in [6.45, 7) is 8.92. The van der Waals surface area contributed by atoms with Gasteiger partial charge in [0.25, 0.3) is 5.56 Å². The van der Waals surface area contributed by atoms with Gasteiger partial charge in [0.1, 0.15) is 11.6 Å². The van der Waals surface area contributed by atoms with Crippen LogP contribution in [0.15, 0.2) is 33.2 Å². The molecule has 2 aromatic rings. The first-order chi connectivity index (χ1) is 11.3. The standard InChI is InChI=1S/C18H20N4O2/c1-10(2)22-17(23)14(9-19)13(5)16(18(22)24)21-20-15-11(3)7-6-8-12(15)4/h6-8,10,23H,1-5H3. The van der Waals surface area contributed by atoms with Crippen LogP contribution in [0.4, 0.5) is 11.4 Å². The maximum Gasteiger partial charge on any atom is 0.281 e. The molecular weight excluding hydrogens is 304 g/mol. The lowest BCUT2D eigenvalue weighted by Crippen LogP contribution is -2.23. The van der Waals surface area contributed by atoms with Gasteiger partial charge in [0.05, 0.1) is 5.69 Å². The first-order valence-corrected chi connectivity index (χ1v) is 7.65. The van der Waals surface area contributed by atoms with E-state index in [1.165, 1.54) is 0 Å². The number of aromatic nitrogens is 1. The van der Waals surface area contributed by atoms with Crippen molar-refractivity contribution in [2.45, 2.75) is 40.7 Å². The minimum Gasteiger partial charge on any atom is -0.493 e. The maximum absolute atomic E-state index is 12.7. The SMILES string of the molecule is Cc1cccc(C)c1N=Nc1c(C)c(C#N)c(O)n(C(C)C)c1=O. The van der Waals surface area contributed by atoms with Crippen molar-refractivity contribution in [1.29, 1.82) is 5.26 Å². The van der Waals surface area contributed by atoms with E-state index in [9.17, 15) is 15.2 Å². The summed E-state index contributed by atoms with van der Waals surface area (Å²) in [4.78, 5) is 12.7. The Bertz CT molecular complexity index is 898. The molecule has 0 fully saturated rings. The fourth-order valence-electron chi connectivity index (χ4n) is 2.57. The number of nitrogens with zero attached hydrogens (tertiary/aromatic N) is 4. The molecule has 24 heavy (non-hydrogen) atoms. The average Bonchev–Trinajstić information content (AvgIpc) is 2.49. The predicted octanol–water partition coefficient (Wildman–Crippen LogP) is 4.35. The van der Waals surface area contributed by atoms with Crippen molar-refractivity contribution >= 4 is 11.4 Å². The van der Waals surface area contributed by atoms with Crippen molar-refractivity contribution in [3.8, 4) is 11.9 Å². The number of azo groups is 1. The van der Waals surface area contributed by atoms with Crippen LogP contribution in [-0.2, 0) is 0 Å². The minimum atomic E-state index is -0.464. The number of benzene rings is 1. The summed E-state index contributed by atoms with van der Waals surface area (Å²) < 4.78 is 1.16. The molecule has 6 nitrogen and oxygen atoms in total. The van der Waals surface area contributed by atoms with E-state index in [1.807, 2.05) is 38.1 Å². The molecule has 1 aromatic carbocycles. The number of aromatic hydroxyl groups is 1. The third-order valence-corrected chi connectivity index (χ3v) is 3.92. The van der Waals surface area contributed by atoms with Crippen LogP contribution in [0.3, 0.4) is 0 Å². The summed E-state index contributed by atoms with van der Waals surface area (Å²) >= 11 is 0. The molecule has 0 saturated carbocycles. The molecular formula is C18H20N4O2. The van der Waals surface area contributed by atoms with Gasteiger partial charge in [0.15, 0.2) is 5.69 Å². The fourth-order valence-corrected chi connectivity index (χ4v) is 2.57. The Labute approximate surface area is 140 Å². The van der Waals surface area contributed by atoms with Crippen molar-refractivity contribution in [3.05, 3.63) is 50.8 Å². The molecule has 2 rings (SSSR count). The van der Waals surface area contributed by atoms with Crippen molar-refractivity contribution in [3.63, 3.8) is 0 Å². The van der Waals surface area contributed by atoms with E-state index < -0.39 is 5.56 Å². The molecule has 0 spiro atoms. The van der Waals surface area contributed by atoms with Crippen molar-refractivity contribution < 1.29 is 5.11 Å². The van der Waals surface area contributed by atoms with Crippen LogP contribution in [0, 0.1) is 32.1 Å². The number of aryl methyl sites for hydroxylation is 2. The van der Waals surface area contributed by atoms with Crippen LogP contribution in [0.2, 0.25) is 0 Å². The third kappa shape index (κ3) is 2.93. The van der Waals surface area contributed by atoms with Crippen LogP contribution >= 0.6 is 0 Å². The molecule has 0 atom stereocenters. The van der Waals surface area contributed by atoms with Crippen LogP contribution in [0.1, 0.15) is 42.1 Å². The fraction of sp³-hybridized carbons (Fsp3) is 0.333. The molecule has 0 aliphatic carbocycles. The van der Waals surface area contributed by atoms with Crippen LogP contribution < -0.4 is 5.56 Å². The topological polar surface area (TPSA) is 90.7 Å². The van der Waals surface area contributed by atoms with Gasteiger partial charge in [-0.05, 0) is 45.7 Å². The molecule has 124 valence electrons. The van der Waals surface area contributed by atoms with Crippen LogP contribution in [-0.4, -0.2) is 9.67 Å². The van der Waals surface area contributed by atoms with Gasteiger partial charge in [0, 0.05) is 11.6 Å². The van der Waals surface area contributed by atoms with E-state index in [0.29, 0.717) is 11.3 Å². The second kappa shape index (κ2) is 6.67. The monoisotopic (exact) mass is 324 g/mol. The van der Waals surface area contributed by atoms with Crippen molar-refractivity contribution in [2.75, 3.05) is 0 Å². The van der Waals surface area contributed by atoms with E-state index in [1.54, 1.807) is 20.8 Å². The highest BCUT2D eigenvalue weighted by molar-refractivity contribution is 5.57. The lowest BCUT2D eigenvalue weighted by molar-refractivity contribution is 0.386. The van der Waals surface area contributed by atoms with Crippen molar-refractivity contribution in [2.24, 2.45) is 10.2 Å². The van der Waals surface area contributed by atoms with Crippen LogP contribution in [0.5, 0.6) is 5.88 Å². The number of hydrogen-bond acceptors (Lipinski definition) is 5. The van der Waals surface area contributed by atoms with Gasteiger partial charge in [-0.25, -0.2) is 0 Å². The lowest BCUT2D eigenvalue weighted by Gasteiger charge is -2.15. The molecule has 6 heteroatoms. The lowest BCUT2D eigenvalue weighted by atomic mass is 10.1. The van der Waals surface area contributed by atoms with Gasteiger partial charge in [0.2, 0.25) is 5.88 Å². The second-order valence-corrected chi connectivity index (χ2v) is 5.99. The molecule has 0 unspecified atom stereocenters. The number of nitriles is 1. The summed E-state index contributed by atoms with van der Waals surface area (Å²) in [5.74, 6) is -0.332. The van der Waals surface area contributed by atoms with E-state index in [0.717, 1.165) is 15.7 Å². The van der Waals surface area contributed by atoms with Gasteiger partial charge in [-0.15, -0.1) is 10.2 Å². The van der Waals surface area contributed by atoms with E-state index >= 15 is 0 Å². The molecule has 0 aliphatic heterocycles. The van der Waals surface area contributed by atoms with Gasteiger partial charge in [-0.1, -0.05) is 18.2 Å². The molecule has 1 N–H and O–H groups in total. The summed E-state index contributed by atoms with van der Waals surface area (Å²) in [6.07, 6.45) is 0. The molecule has 0 aliphatic rings.